The van der Waals surface area contributed by atoms with Crippen LogP contribution in [0, 0.1) is 0 Å². The van der Waals surface area contributed by atoms with Crippen LogP contribution in [0.3, 0.4) is 0 Å². The predicted octanol–water partition coefficient (Wildman–Crippen LogP) is -3.22. The minimum Gasteiger partial charge on any atom is -0.481 e. The molecule has 7 N–H and O–H groups in total. The summed E-state index contributed by atoms with van der Waals surface area (Å²) >= 11 is 0. The normalized spacial score (nSPS) is 26.3. The molecule has 0 aromatic heterocycles. The molecule has 0 spiro atoms. The van der Waals surface area contributed by atoms with Crippen molar-refractivity contribution in [2.45, 2.75) is 43.8 Å². The Bertz CT molecular complexity index is 545. The van der Waals surface area contributed by atoms with Gasteiger partial charge in [0.25, 0.3) is 0 Å². The van der Waals surface area contributed by atoms with E-state index >= 15 is 0 Å². The number of aliphatic hydroxyl groups is 4. The lowest BCUT2D eigenvalue weighted by molar-refractivity contribution is -0.151. The highest BCUT2D eigenvalue weighted by molar-refractivity contribution is 5.87. The van der Waals surface area contributed by atoms with E-state index in [0.29, 0.717) is 0 Å². The molecule has 1 rings (SSSR count). The summed E-state index contributed by atoms with van der Waals surface area (Å²) in [6, 6.07) is -1.43. The van der Waals surface area contributed by atoms with Crippen LogP contribution in [0.2, 0.25) is 0 Å². The first kappa shape index (κ1) is 19.8. The Morgan fingerprint density at radius 1 is 1.25 bits per heavy atom. The van der Waals surface area contributed by atoms with Crippen molar-refractivity contribution in [2.24, 2.45) is 0 Å². The number of hydrogen-bond donors (Lipinski definition) is 7. The molecule has 0 aliphatic carbocycles. The van der Waals surface area contributed by atoms with E-state index in [1.807, 2.05) is 0 Å². The quantitative estimate of drug-likeness (QED) is 0.246. The molecular formula is C13H19NO10. The number of ether oxygens (including phenoxy) is 1. The van der Waals surface area contributed by atoms with Crippen LogP contribution < -0.4 is 5.32 Å². The van der Waals surface area contributed by atoms with Crippen molar-refractivity contribution in [3.8, 4) is 0 Å². The molecule has 0 bridgehead atoms. The third kappa shape index (κ3) is 4.41. The first-order valence-electron chi connectivity index (χ1n) is 6.87. The summed E-state index contributed by atoms with van der Waals surface area (Å²) in [7, 11) is 0. The van der Waals surface area contributed by atoms with Gasteiger partial charge in [-0.2, -0.15) is 0 Å². The number of rotatable bonds is 7. The maximum Gasteiger partial charge on any atom is 0.371 e. The van der Waals surface area contributed by atoms with E-state index < -0.39 is 72.7 Å². The zero-order chi connectivity index (χ0) is 18.6. The number of aliphatic carboxylic acids is 2. The second-order valence-corrected chi connectivity index (χ2v) is 5.22. The van der Waals surface area contributed by atoms with Crippen molar-refractivity contribution in [3.05, 3.63) is 11.3 Å². The van der Waals surface area contributed by atoms with Gasteiger partial charge in [-0.15, -0.1) is 0 Å². The van der Waals surface area contributed by atoms with Gasteiger partial charge >= 0.3 is 11.9 Å². The van der Waals surface area contributed by atoms with Crippen molar-refractivity contribution in [2.75, 3.05) is 6.61 Å². The van der Waals surface area contributed by atoms with E-state index in [-0.39, 0.29) is 0 Å². The van der Waals surface area contributed by atoms with Crippen LogP contribution in [0.15, 0.2) is 11.3 Å². The monoisotopic (exact) mass is 349 g/mol. The zero-order valence-electron chi connectivity index (χ0n) is 12.6. The fourth-order valence-electron chi connectivity index (χ4n) is 2.36. The lowest BCUT2D eigenvalue weighted by Gasteiger charge is -2.40. The van der Waals surface area contributed by atoms with Crippen molar-refractivity contribution < 1.29 is 49.8 Å². The Balaban J connectivity index is 3.33. The van der Waals surface area contributed by atoms with Crippen molar-refractivity contribution in [1.82, 2.24) is 5.32 Å². The highest BCUT2D eigenvalue weighted by atomic mass is 16.5. The molecule has 5 atom stereocenters. The van der Waals surface area contributed by atoms with Crippen LogP contribution in [0.25, 0.3) is 0 Å². The highest BCUT2D eigenvalue weighted by Gasteiger charge is 2.46. The largest absolute Gasteiger partial charge is 0.481 e. The topological polar surface area (TPSA) is 194 Å². The van der Waals surface area contributed by atoms with Crippen LogP contribution in [-0.2, 0) is 19.1 Å². The van der Waals surface area contributed by atoms with Gasteiger partial charge in [0.2, 0.25) is 11.7 Å². The molecule has 1 amide bonds. The van der Waals surface area contributed by atoms with E-state index in [4.69, 9.17) is 20.1 Å². The fraction of sp³-hybridized carbons (Fsp3) is 0.615. The standard InChI is InChI=1S/C13H19NO10/c1-4(16)14-8-9(20)5(2-7(18)19)11(13(22)23)24-12(8)10(21)6(17)3-15/h6,8-10,12,15,17,20-21H,2-3H2,1H3,(H,14,16)(H,18,19)(H,22,23)/t6-,8-,9+,10-,12-/m1/s1. The summed E-state index contributed by atoms with van der Waals surface area (Å²) in [5.74, 6) is -4.71. The van der Waals surface area contributed by atoms with Crippen LogP contribution in [-0.4, -0.2) is 85.5 Å². The summed E-state index contributed by atoms with van der Waals surface area (Å²) in [4.78, 5) is 33.4. The van der Waals surface area contributed by atoms with Gasteiger partial charge < -0.3 is 40.7 Å². The number of hydrogen-bond acceptors (Lipinski definition) is 8. The average molecular weight is 349 g/mol. The first-order chi connectivity index (χ1) is 11.1. The Hall–Kier alpha value is -2.21. The number of amides is 1. The smallest absolute Gasteiger partial charge is 0.371 e. The van der Waals surface area contributed by atoms with Gasteiger partial charge in [0.15, 0.2) is 6.10 Å². The van der Waals surface area contributed by atoms with Gasteiger partial charge in [-0.05, 0) is 0 Å². The lowest BCUT2D eigenvalue weighted by atomic mass is 9.87. The summed E-state index contributed by atoms with van der Waals surface area (Å²) < 4.78 is 5.05. The molecule has 1 aliphatic heterocycles. The second kappa shape index (κ2) is 8.06. The third-order valence-electron chi connectivity index (χ3n) is 3.42. The highest BCUT2D eigenvalue weighted by Crippen LogP contribution is 2.30. The molecule has 0 aromatic rings. The maximum absolute atomic E-state index is 11.3. The van der Waals surface area contributed by atoms with E-state index in [1.54, 1.807) is 0 Å². The lowest BCUT2D eigenvalue weighted by Crippen LogP contribution is -2.61. The zero-order valence-corrected chi connectivity index (χ0v) is 12.6. The Morgan fingerprint density at radius 2 is 1.83 bits per heavy atom. The van der Waals surface area contributed by atoms with Crippen molar-refractivity contribution in [3.63, 3.8) is 0 Å². The third-order valence-corrected chi connectivity index (χ3v) is 3.42. The van der Waals surface area contributed by atoms with Crippen molar-refractivity contribution >= 4 is 17.8 Å². The van der Waals surface area contributed by atoms with E-state index in [9.17, 15) is 29.7 Å². The van der Waals surface area contributed by atoms with E-state index in [2.05, 4.69) is 5.32 Å². The number of carbonyl (C=O) groups excluding carboxylic acids is 1. The average Bonchev–Trinajstić information content (AvgIpc) is 2.48. The van der Waals surface area contributed by atoms with Crippen LogP contribution in [0.1, 0.15) is 13.3 Å². The first-order valence-corrected chi connectivity index (χ1v) is 6.87. The minimum absolute atomic E-state index is 0.504. The maximum atomic E-state index is 11.3. The van der Waals surface area contributed by atoms with Gasteiger partial charge in [-0.25, -0.2) is 4.79 Å². The molecular weight excluding hydrogens is 330 g/mol. The number of nitrogens with one attached hydrogen (secondary N) is 1. The molecule has 136 valence electrons. The van der Waals surface area contributed by atoms with Crippen molar-refractivity contribution in [1.29, 1.82) is 0 Å². The van der Waals surface area contributed by atoms with Crippen LogP contribution >= 0.6 is 0 Å². The molecule has 11 nitrogen and oxygen atoms in total. The number of carboxylic acid groups (broad SMARTS) is 2. The number of aliphatic hydroxyl groups excluding tert-OH is 4. The Labute approximate surface area is 135 Å². The number of carboxylic acids is 2. The summed E-state index contributed by atoms with van der Waals surface area (Å²) in [5, 5.41) is 58.9. The Morgan fingerprint density at radius 3 is 2.25 bits per heavy atom. The van der Waals surface area contributed by atoms with Gasteiger partial charge in [0, 0.05) is 12.5 Å². The SMILES string of the molecule is CC(=O)N[C@H]1[C@H]([C@H](O)[C@H](O)CO)OC(C(=O)O)=C(CC(=O)O)[C@@H]1O. The van der Waals surface area contributed by atoms with Gasteiger partial charge in [0.05, 0.1) is 19.1 Å². The van der Waals surface area contributed by atoms with E-state index in [1.165, 1.54) is 0 Å². The fourth-order valence-corrected chi connectivity index (χ4v) is 2.36. The second-order valence-electron chi connectivity index (χ2n) is 5.22. The summed E-state index contributed by atoms with van der Waals surface area (Å²) in [6.45, 7) is 0.184. The molecule has 0 unspecified atom stereocenters. The molecule has 0 saturated heterocycles. The molecule has 1 aliphatic rings. The minimum atomic E-state index is -1.86. The van der Waals surface area contributed by atoms with Crippen LogP contribution in [0.4, 0.5) is 0 Å². The molecule has 11 heteroatoms. The predicted molar refractivity (Wildman–Crippen MR) is 74.5 cm³/mol. The molecule has 0 fully saturated rings. The summed E-state index contributed by atoms with van der Waals surface area (Å²) in [6.07, 6.45) is -7.90. The molecule has 1 heterocycles. The molecule has 0 aromatic carbocycles. The molecule has 0 saturated carbocycles. The molecule has 0 radical (unpaired) electrons. The Kier molecular flexibility index (Phi) is 6.66. The van der Waals surface area contributed by atoms with Gasteiger partial charge in [0.1, 0.15) is 18.3 Å². The number of carbonyl (C=O) groups is 3. The van der Waals surface area contributed by atoms with Gasteiger partial charge in [-0.1, -0.05) is 0 Å². The van der Waals surface area contributed by atoms with Crippen LogP contribution in [0.5, 0.6) is 0 Å². The summed E-state index contributed by atoms with van der Waals surface area (Å²) in [5.41, 5.74) is -0.504. The van der Waals surface area contributed by atoms with E-state index in [0.717, 1.165) is 6.92 Å². The molecule has 24 heavy (non-hydrogen) atoms. The van der Waals surface area contributed by atoms with Gasteiger partial charge in [-0.3, -0.25) is 9.59 Å².